The van der Waals surface area contributed by atoms with Crippen LogP contribution in [0.1, 0.15) is 163 Å². The number of amides is 17. The molecule has 0 saturated carbocycles. The van der Waals surface area contributed by atoms with Gasteiger partial charge in [-0.3, -0.25) is 101 Å². The zero-order valence-corrected chi connectivity index (χ0v) is 75.7. The number of aromatic hydroxyl groups is 2. The second-order valence-electron chi connectivity index (χ2n) is 33.0. The predicted molar refractivity (Wildman–Crippen MR) is 477 cm³/mol. The smallest absolute Gasteiger partial charge is 0.305 e. The van der Waals surface area contributed by atoms with E-state index in [9.17, 15) is 142 Å². The number of carbonyl (C=O) groups excluding carboxylic acids is 17. The Morgan fingerprint density at radius 3 is 1.24 bits per heavy atom. The highest BCUT2D eigenvalue weighted by Crippen LogP contribution is 2.24. The minimum atomic E-state index is -2.23. The molecule has 0 spiro atoms. The first-order valence-electron chi connectivity index (χ1n) is 43.8. The minimum absolute atomic E-state index is 0.000158. The van der Waals surface area contributed by atoms with Crippen LogP contribution in [0.4, 0.5) is 0 Å². The summed E-state index contributed by atoms with van der Waals surface area (Å²) in [6, 6.07) is 1.75. The van der Waals surface area contributed by atoms with Gasteiger partial charge in [0.1, 0.15) is 84.0 Å². The number of rotatable bonds is 59. The van der Waals surface area contributed by atoms with E-state index < -0.39 is 273 Å². The van der Waals surface area contributed by atoms with Crippen molar-refractivity contribution in [3.05, 3.63) is 131 Å². The van der Waals surface area contributed by atoms with E-state index in [1.54, 1.807) is 58.0 Å². The first-order valence-corrected chi connectivity index (χ1v) is 43.8. The van der Waals surface area contributed by atoms with E-state index in [4.69, 9.17) is 5.73 Å². The SMILES string of the molecule is CC[C@H](C)[C@H](NC(=O)[C@H](CO)NC(=O)[C@H](Cc1ccc(O)cc1)NC(=O)[C@H](CC(=O)O)NC(=O)[C@H](CO)NC(=O)[C@@H](NC(=O)[C@H](Cc1ccccc1)NC(=O)[C@@H](NC(=O)CNC(=O)[C@H](CCC(=O)O)NC(=O)CCCNC(=O)CCN1C(=O)c2ccccc2C1=O)[C@@H](C)O)[C@@H](C)O)C(=O)N[C@@H](Cc1ccc(O)cc1)C(=O)N[C@@H](CC(C)C)C(=O)N[C@@H](CC(=O)O)C(=O)N[C@H](C)CCCCN. The number of hydrogen-bond acceptors (Lipinski definition) is 27. The standard InChI is InChI=1S/C89H123N17O29/c1-8-47(4)73(85(131)99-61(40-53-25-29-55(112)30-26-53)79(125)95-59(37-46(2)3)78(124)97-63(41-71(118)119)77(123)93-48(5)17-14-15-34-90)104-84(130)66(45-108)101-80(126)60(39-52-23-27-54(111)28-24-52)96-81(127)64(42-72(120)121)98-83(129)65(44-107)102-87(133)75(50(7)110)105-82(128)62(38-51-18-10-9-11-19-51)100-86(132)74(49(6)109)103-69(115)43-92-76(122)58(31-32-70(116)117)94-68(114)22-16-35-91-67(113)33-36-106-88(134)56-20-12-13-21-57(56)89(106)135/h9-13,18-21,23-30,46-50,58-66,73-75,107-112H,8,14-17,22,31-45,90H2,1-7H3,(H,91,113)(H,92,122)(H,93,123)(H,94,114)(H,95,125)(H,96,127)(H,97,124)(H,98,129)(H,99,131)(H,100,132)(H,101,126)(H,102,133)(H,103,115)(H,104,130)(H,105,128)(H,116,117)(H,118,119)(H,120,121)/t47-,48+,49+,50+,58-,59-,60-,61-,62-,63-,64-,65-,66-,73-,74-,75-/m0/s1. The second-order valence-corrected chi connectivity index (χ2v) is 33.0. The lowest BCUT2D eigenvalue weighted by molar-refractivity contribution is -0.142. The Balaban J connectivity index is 1.28. The lowest BCUT2D eigenvalue weighted by Gasteiger charge is -2.30. The predicted octanol–water partition coefficient (Wildman–Crippen LogP) is -5.07. The fourth-order valence-corrected chi connectivity index (χ4v) is 13.8. The van der Waals surface area contributed by atoms with Gasteiger partial charge in [0.25, 0.3) is 11.8 Å². The van der Waals surface area contributed by atoms with Gasteiger partial charge in [-0.05, 0) is 124 Å². The van der Waals surface area contributed by atoms with Crippen molar-refractivity contribution >= 4 is 118 Å². The molecule has 135 heavy (non-hydrogen) atoms. The van der Waals surface area contributed by atoms with Crippen LogP contribution in [-0.4, -0.2) is 299 Å². The number of fused-ring (bicyclic) bond motifs is 1. The molecule has 0 bridgehead atoms. The number of aliphatic hydroxyl groups excluding tert-OH is 4. The van der Waals surface area contributed by atoms with E-state index in [-0.39, 0.29) is 85.7 Å². The van der Waals surface area contributed by atoms with Crippen LogP contribution in [0.25, 0.3) is 0 Å². The normalized spacial score (nSPS) is 15.1. The minimum Gasteiger partial charge on any atom is -0.508 e. The summed E-state index contributed by atoms with van der Waals surface area (Å²) in [4.78, 5) is 272. The fraction of sp³-hybridized carbons (Fsp3) is 0.506. The number of aliphatic hydroxyl groups is 4. The monoisotopic (exact) mass is 1890 g/mol. The van der Waals surface area contributed by atoms with Gasteiger partial charge in [-0.1, -0.05) is 107 Å². The fourth-order valence-electron chi connectivity index (χ4n) is 13.8. The van der Waals surface area contributed by atoms with Gasteiger partial charge in [-0.15, -0.1) is 0 Å². The Bertz CT molecular complexity index is 4760. The van der Waals surface area contributed by atoms with Crippen LogP contribution in [0, 0.1) is 11.8 Å². The quantitative estimate of drug-likeness (QED) is 0.0145. The van der Waals surface area contributed by atoms with Crippen molar-refractivity contribution < 1.29 is 142 Å². The summed E-state index contributed by atoms with van der Waals surface area (Å²) >= 11 is 0. The molecule has 0 fully saturated rings. The summed E-state index contributed by atoms with van der Waals surface area (Å²) in [6.07, 6.45) is -7.02. The lowest BCUT2D eigenvalue weighted by Crippen LogP contribution is -2.63. The number of nitrogens with two attached hydrogens (primary N) is 1. The van der Waals surface area contributed by atoms with Crippen LogP contribution in [-0.2, 0) is 106 Å². The molecule has 4 aromatic carbocycles. The average molecular weight is 1900 g/mol. The van der Waals surface area contributed by atoms with Gasteiger partial charge in [0.2, 0.25) is 88.6 Å². The lowest BCUT2D eigenvalue weighted by atomic mass is 9.96. The van der Waals surface area contributed by atoms with Gasteiger partial charge < -0.3 is 131 Å². The van der Waals surface area contributed by atoms with Gasteiger partial charge in [-0.2, -0.15) is 0 Å². The highest BCUT2D eigenvalue weighted by Gasteiger charge is 2.41. The molecule has 5 rings (SSSR count). The van der Waals surface area contributed by atoms with E-state index in [0.717, 1.165) is 18.7 Å². The van der Waals surface area contributed by atoms with Crippen molar-refractivity contribution in [2.24, 2.45) is 17.6 Å². The van der Waals surface area contributed by atoms with Crippen molar-refractivity contribution in [3.8, 4) is 11.5 Å². The number of benzene rings is 4. The van der Waals surface area contributed by atoms with Gasteiger partial charge in [-0.25, -0.2) is 0 Å². The summed E-state index contributed by atoms with van der Waals surface area (Å²) in [5, 5.41) is 128. The molecule has 1 heterocycles. The molecular weight excluding hydrogens is 1770 g/mol. The van der Waals surface area contributed by atoms with Crippen molar-refractivity contribution in [2.45, 2.75) is 236 Å². The van der Waals surface area contributed by atoms with E-state index in [1.165, 1.54) is 79.7 Å². The molecule has 17 amide bonds. The van der Waals surface area contributed by atoms with Crippen LogP contribution in [0.15, 0.2) is 103 Å². The Morgan fingerprint density at radius 1 is 0.370 bits per heavy atom. The molecule has 1 aliphatic rings. The third-order valence-electron chi connectivity index (χ3n) is 21.4. The van der Waals surface area contributed by atoms with E-state index in [0.29, 0.717) is 36.9 Å². The number of aliphatic carboxylic acids is 3. The summed E-state index contributed by atoms with van der Waals surface area (Å²) in [5.74, 6) is -24.1. The zero-order chi connectivity index (χ0) is 100. The van der Waals surface area contributed by atoms with Gasteiger partial charge in [0, 0.05) is 57.7 Å². The molecular formula is C89H123N17O29. The summed E-state index contributed by atoms with van der Waals surface area (Å²) < 4.78 is 0. The molecule has 0 aliphatic carbocycles. The molecule has 1 aliphatic heterocycles. The van der Waals surface area contributed by atoms with Gasteiger partial charge >= 0.3 is 17.9 Å². The number of carbonyl (C=O) groups is 20. The number of unbranched alkanes of at least 4 members (excludes halogenated alkanes) is 1. The summed E-state index contributed by atoms with van der Waals surface area (Å²) in [7, 11) is 0. The third-order valence-corrected chi connectivity index (χ3v) is 21.4. The number of carboxylic acid groups (broad SMARTS) is 3. The second kappa shape index (κ2) is 56.0. The zero-order valence-electron chi connectivity index (χ0n) is 75.7. The number of carboxylic acids is 3. The summed E-state index contributed by atoms with van der Waals surface area (Å²) in [6.45, 7) is 6.85. The number of imide groups is 1. The van der Waals surface area contributed by atoms with Crippen LogP contribution in [0.5, 0.6) is 11.5 Å². The van der Waals surface area contributed by atoms with Gasteiger partial charge in [0.15, 0.2) is 0 Å². The van der Waals surface area contributed by atoms with E-state index in [1.807, 2.05) is 0 Å². The molecule has 0 saturated heterocycles. The highest BCUT2D eigenvalue weighted by atomic mass is 16.4. The maximum Gasteiger partial charge on any atom is 0.305 e. The van der Waals surface area contributed by atoms with Crippen molar-refractivity contribution in [1.29, 1.82) is 0 Å². The first kappa shape index (κ1) is 111. The third kappa shape index (κ3) is 37.8. The Hall–Kier alpha value is -14.1. The molecule has 46 nitrogen and oxygen atoms in total. The maximum absolute atomic E-state index is 14.7. The van der Waals surface area contributed by atoms with Crippen molar-refractivity contribution in [2.75, 3.05) is 39.4 Å². The number of hydrogen-bond donors (Lipinski definition) is 25. The van der Waals surface area contributed by atoms with Crippen LogP contribution >= 0.6 is 0 Å². The largest absolute Gasteiger partial charge is 0.508 e. The number of nitrogens with one attached hydrogen (secondary N) is 15. The highest BCUT2D eigenvalue weighted by molar-refractivity contribution is 6.21. The molecule has 0 unspecified atom stereocenters. The van der Waals surface area contributed by atoms with Crippen molar-refractivity contribution in [1.82, 2.24) is 84.7 Å². The summed E-state index contributed by atoms with van der Waals surface area (Å²) in [5.41, 5.74) is 6.88. The average Bonchev–Trinajstić information content (AvgIpc) is 1.64. The molecule has 738 valence electrons. The Labute approximate surface area is 776 Å². The number of nitrogens with zero attached hydrogens (tertiary/aromatic N) is 1. The Kier molecular flexibility index (Phi) is 46.2. The van der Waals surface area contributed by atoms with E-state index >= 15 is 0 Å². The van der Waals surface area contributed by atoms with Crippen LogP contribution < -0.4 is 85.5 Å². The van der Waals surface area contributed by atoms with E-state index in [2.05, 4.69) is 79.8 Å². The van der Waals surface area contributed by atoms with Gasteiger partial charge in [0.05, 0.1) is 55.9 Å². The number of phenols is 2. The molecule has 26 N–H and O–H groups in total. The first-order chi connectivity index (χ1) is 63.9. The van der Waals surface area contributed by atoms with Crippen LogP contribution in [0.3, 0.4) is 0 Å². The van der Waals surface area contributed by atoms with Crippen LogP contribution in [0.2, 0.25) is 0 Å². The topological polar surface area (TPSA) is 733 Å². The van der Waals surface area contributed by atoms with Crippen molar-refractivity contribution in [3.63, 3.8) is 0 Å². The molecule has 46 heteroatoms. The molecule has 0 radical (unpaired) electrons. The Morgan fingerprint density at radius 2 is 0.770 bits per heavy atom. The maximum atomic E-state index is 14.7. The molecule has 16 atom stereocenters. The number of phenolic OH excluding ortho intramolecular Hbond substituents is 2. The molecule has 4 aromatic rings. The molecule has 0 aromatic heterocycles.